The molecule has 4 aromatic rings. The lowest BCUT2D eigenvalue weighted by Crippen LogP contribution is -2.08. The van der Waals surface area contributed by atoms with E-state index in [2.05, 4.69) is 0 Å². The number of hydrogen-bond acceptors (Lipinski definition) is 12. The Bertz CT molecular complexity index is 1540. The van der Waals surface area contributed by atoms with Gasteiger partial charge in [0.1, 0.15) is 23.0 Å². The highest BCUT2D eigenvalue weighted by molar-refractivity contribution is 8.01. The Morgan fingerprint density at radius 2 is 0.542 bits per heavy atom. The molecule has 16 heteroatoms. The van der Waals surface area contributed by atoms with Crippen LogP contribution in [0.3, 0.4) is 0 Å². The summed E-state index contributed by atoms with van der Waals surface area (Å²) in [5, 5.41) is -2.80. The van der Waals surface area contributed by atoms with Gasteiger partial charge in [-0.05, 0) is 94.9 Å². The molecule has 248 valence electrons. The monoisotopic (exact) mass is 800 g/mol. The average Bonchev–Trinajstić information content (AvgIpc) is 3.02. The van der Waals surface area contributed by atoms with Crippen LogP contribution in [0.25, 0.3) is 0 Å². The summed E-state index contributed by atoms with van der Waals surface area (Å²) in [6.45, 7) is -1.63. The highest BCUT2D eigenvalue weighted by atomic mass is 35.5. The number of carbonyl (C=O) groups is 4. The molecule has 4 aromatic carbocycles. The van der Waals surface area contributed by atoms with Gasteiger partial charge in [0, 0.05) is 0 Å². The summed E-state index contributed by atoms with van der Waals surface area (Å²) in [5.41, 5.74) is 0. The van der Waals surface area contributed by atoms with Crippen LogP contribution in [0.4, 0.5) is 0 Å². The Hall–Kier alpha value is -2.68. The molecule has 0 unspecified atom stereocenters. The van der Waals surface area contributed by atoms with Gasteiger partial charge in [-0.25, -0.2) is 0 Å². The van der Waals surface area contributed by atoms with E-state index in [4.69, 9.17) is 65.4 Å². The van der Waals surface area contributed by atoms with Gasteiger partial charge in [0.05, 0.1) is 39.2 Å². The number of ether oxygens (including phenoxy) is 4. The van der Waals surface area contributed by atoms with Crippen LogP contribution in [-0.4, -0.2) is 47.4 Å². The van der Waals surface area contributed by atoms with Crippen molar-refractivity contribution < 1.29 is 38.1 Å². The molecule has 0 aromatic heterocycles. The molecular weight excluding hydrogens is 782 g/mol. The van der Waals surface area contributed by atoms with E-state index < -0.39 is 47.4 Å². The molecule has 8 bridgehead atoms. The molecule has 0 atom stereocenters. The maximum absolute atomic E-state index is 11.8. The first kappa shape index (κ1) is 36.6. The minimum Gasteiger partial charge on any atom is -0.482 e. The Labute approximate surface area is 311 Å². The van der Waals surface area contributed by atoms with Crippen LogP contribution in [-0.2, 0) is 19.2 Å². The molecule has 0 radical (unpaired) electrons. The first-order valence-electron chi connectivity index (χ1n) is 13.6. The summed E-state index contributed by atoms with van der Waals surface area (Å²) in [6.07, 6.45) is 0. The zero-order valence-electron chi connectivity index (χ0n) is 24.2. The van der Waals surface area contributed by atoms with E-state index in [0.29, 0.717) is 62.2 Å². The van der Waals surface area contributed by atoms with Crippen LogP contribution in [0, 0.1) is 0 Å². The second-order valence-corrected chi connectivity index (χ2v) is 15.3. The van der Waals surface area contributed by atoms with Gasteiger partial charge >= 0.3 is 0 Å². The molecule has 0 saturated heterocycles. The first-order chi connectivity index (χ1) is 23.1. The number of hydrogen-bond donors (Lipinski definition) is 0. The SMILES string of the molecule is O=C(Cl)COc1c2cccc1Sc1cccc(c1OCC(=O)Cl)Sc1cccc(c1OCC(=O)Cl)Sc1cccc(c1OCC(=O)Cl)S2. The van der Waals surface area contributed by atoms with Gasteiger partial charge in [0.2, 0.25) is 0 Å². The van der Waals surface area contributed by atoms with Crippen molar-refractivity contribution in [3.63, 3.8) is 0 Å². The molecule has 0 fully saturated rings. The first-order valence-corrected chi connectivity index (χ1v) is 18.3. The normalized spacial score (nSPS) is 12.1. The lowest BCUT2D eigenvalue weighted by Gasteiger charge is -2.21. The summed E-state index contributed by atoms with van der Waals surface area (Å²) in [5.74, 6) is 1.43. The molecule has 1 heterocycles. The van der Waals surface area contributed by atoms with E-state index in [1.54, 1.807) is 48.5 Å². The summed E-state index contributed by atoms with van der Waals surface area (Å²) in [7, 11) is 0. The molecular formula is C32H20Cl4O8S4. The molecule has 5 rings (SSSR count). The predicted molar refractivity (Wildman–Crippen MR) is 188 cm³/mol. The smallest absolute Gasteiger partial charge is 0.259 e. The maximum Gasteiger partial charge on any atom is 0.259 e. The van der Waals surface area contributed by atoms with E-state index in [1.807, 2.05) is 24.3 Å². The summed E-state index contributed by atoms with van der Waals surface area (Å²) >= 11 is 27.8. The van der Waals surface area contributed by atoms with Gasteiger partial charge in [0.15, 0.2) is 26.4 Å². The number of benzene rings is 4. The quantitative estimate of drug-likeness (QED) is 0.112. The van der Waals surface area contributed by atoms with E-state index >= 15 is 0 Å². The van der Waals surface area contributed by atoms with Gasteiger partial charge in [-0.2, -0.15) is 0 Å². The fourth-order valence-electron chi connectivity index (χ4n) is 4.18. The predicted octanol–water partition coefficient (Wildman–Crippen LogP) is 9.18. The Morgan fingerprint density at radius 1 is 0.375 bits per heavy atom. The van der Waals surface area contributed by atoms with Crippen LogP contribution in [0.2, 0.25) is 0 Å². The molecule has 8 nitrogen and oxygen atoms in total. The van der Waals surface area contributed by atoms with Crippen molar-refractivity contribution in [3.05, 3.63) is 72.8 Å². The summed E-state index contributed by atoms with van der Waals surface area (Å²) in [4.78, 5) is 52.1. The molecule has 1 aliphatic heterocycles. The zero-order valence-corrected chi connectivity index (χ0v) is 30.5. The standard InChI is InChI=1S/C32H20Cl4O8S4/c33-25(37)13-41-29-17-5-1-6-18(29)46-20-8-3-10-22(31(20)43-15-27(35)39)48-24-12-4-11-23(32(24)44-16-28(36)40)47-21-9-2-7-19(45-17)30(21)42-14-26(34)38/h1-12H,13-16H2. The third kappa shape index (κ3) is 9.72. The second-order valence-electron chi connectivity index (χ2n) is 9.32. The van der Waals surface area contributed by atoms with Crippen molar-refractivity contribution >= 4 is 114 Å². The Kier molecular flexibility index (Phi) is 13.2. The molecule has 1 aliphatic rings. The summed E-state index contributed by atoms with van der Waals surface area (Å²) < 4.78 is 23.9. The van der Waals surface area contributed by atoms with Crippen LogP contribution in [0.5, 0.6) is 23.0 Å². The van der Waals surface area contributed by atoms with Crippen molar-refractivity contribution in [1.82, 2.24) is 0 Å². The minimum atomic E-state index is -0.700. The van der Waals surface area contributed by atoms with Crippen molar-refractivity contribution in [2.75, 3.05) is 26.4 Å². The van der Waals surface area contributed by atoms with E-state index in [1.165, 1.54) is 47.0 Å². The molecule has 0 saturated carbocycles. The van der Waals surface area contributed by atoms with Gasteiger partial charge in [0.25, 0.3) is 21.0 Å². The van der Waals surface area contributed by atoms with Crippen LogP contribution < -0.4 is 18.9 Å². The number of halogens is 4. The van der Waals surface area contributed by atoms with Crippen LogP contribution in [0.15, 0.2) is 112 Å². The minimum absolute atomic E-state index is 0.357. The molecule has 0 amide bonds. The van der Waals surface area contributed by atoms with E-state index in [0.717, 1.165) is 0 Å². The highest BCUT2D eigenvalue weighted by Gasteiger charge is 2.24. The lowest BCUT2D eigenvalue weighted by atomic mass is 10.3. The third-order valence-corrected chi connectivity index (χ3v) is 10.7. The molecule has 0 N–H and O–H groups in total. The number of para-hydroxylation sites is 4. The van der Waals surface area contributed by atoms with Crippen molar-refractivity contribution in [2.45, 2.75) is 39.2 Å². The van der Waals surface area contributed by atoms with Crippen molar-refractivity contribution in [3.8, 4) is 23.0 Å². The zero-order chi connectivity index (χ0) is 34.2. The topological polar surface area (TPSA) is 105 Å². The second kappa shape index (κ2) is 17.3. The fourth-order valence-corrected chi connectivity index (χ4v) is 8.87. The third-order valence-electron chi connectivity index (χ3n) is 5.97. The lowest BCUT2D eigenvalue weighted by molar-refractivity contribution is -0.114. The summed E-state index contributed by atoms with van der Waals surface area (Å²) in [6, 6.07) is 21.7. The van der Waals surface area contributed by atoms with Gasteiger partial charge in [-0.1, -0.05) is 71.3 Å². The number of fused-ring (bicyclic) bond motifs is 8. The molecule has 0 aliphatic carbocycles. The van der Waals surface area contributed by atoms with Gasteiger partial charge in [-0.3, -0.25) is 19.2 Å². The van der Waals surface area contributed by atoms with Crippen molar-refractivity contribution in [1.29, 1.82) is 0 Å². The van der Waals surface area contributed by atoms with Gasteiger partial charge < -0.3 is 18.9 Å². The Morgan fingerprint density at radius 3 is 0.688 bits per heavy atom. The number of rotatable bonds is 12. The molecule has 48 heavy (non-hydrogen) atoms. The van der Waals surface area contributed by atoms with E-state index in [-0.39, 0.29) is 0 Å². The van der Waals surface area contributed by atoms with Crippen LogP contribution in [0.1, 0.15) is 0 Å². The Balaban J connectivity index is 1.76. The number of carbonyl (C=O) groups excluding carboxylic acids is 4. The van der Waals surface area contributed by atoms with Crippen LogP contribution >= 0.6 is 93.5 Å². The fraction of sp³-hybridized carbons (Fsp3) is 0.125. The van der Waals surface area contributed by atoms with E-state index in [9.17, 15) is 19.2 Å². The largest absolute Gasteiger partial charge is 0.482 e. The van der Waals surface area contributed by atoms with Crippen molar-refractivity contribution in [2.24, 2.45) is 0 Å². The average molecular weight is 803 g/mol. The maximum atomic E-state index is 11.8. The molecule has 0 spiro atoms. The van der Waals surface area contributed by atoms with Gasteiger partial charge in [-0.15, -0.1) is 0 Å². The highest BCUT2D eigenvalue weighted by Crippen LogP contribution is 2.53.